The standard InChI is InChI=1S/C19H28N6O/c1-14-6-7-16(26-2)15(12-14)24-19-17(20)18(22-13-23-19)21-8-11-25-9-4-3-5-10-25/h6-7,12-13H,3-5,8-11,20H2,1-2H3,(H2,21,22,23,24). The van der Waals surface area contributed by atoms with E-state index < -0.39 is 0 Å². The highest BCUT2D eigenvalue weighted by atomic mass is 16.5. The number of aromatic nitrogens is 2. The van der Waals surface area contributed by atoms with E-state index in [9.17, 15) is 0 Å². The number of ether oxygens (including phenoxy) is 1. The van der Waals surface area contributed by atoms with E-state index in [4.69, 9.17) is 10.5 Å². The molecule has 0 radical (unpaired) electrons. The lowest BCUT2D eigenvalue weighted by Gasteiger charge is -2.26. The maximum Gasteiger partial charge on any atom is 0.159 e. The molecule has 26 heavy (non-hydrogen) atoms. The van der Waals surface area contributed by atoms with E-state index in [0.29, 0.717) is 17.3 Å². The molecule has 0 spiro atoms. The molecule has 1 aromatic carbocycles. The van der Waals surface area contributed by atoms with Gasteiger partial charge in [0, 0.05) is 13.1 Å². The van der Waals surface area contributed by atoms with Crippen molar-refractivity contribution in [3.8, 4) is 5.75 Å². The van der Waals surface area contributed by atoms with Crippen LogP contribution in [0.15, 0.2) is 24.5 Å². The zero-order valence-corrected chi connectivity index (χ0v) is 15.6. The summed E-state index contributed by atoms with van der Waals surface area (Å²) in [6.45, 7) is 6.20. The summed E-state index contributed by atoms with van der Waals surface area (Å²) in [5.74, 6) is 1.98. The number of hydrogen-bond acceptors (Lipinski definition) is 7. The molecule has 7 nitrogen and oxygen atoms in total. The second-order valence-electron chi connectivity index (χ2n) is 6.64. The minimum atomic E-state index is 0.509. The van der Waals surface area contributed by atoms with E-state index >= 15 is 0 Å². The molecule has 1 fully saturated rings. The third-order valence-corrected chi connectivity index (χ3v) is 4.66. The number of nitrogens with one attached hydrogen (secondary N) is 2. The average molecular weight is 356 g/mol. The summed E-state index contributed by atoms with van der Waals surface area (Å²) >= 11 is 0. The Morgan fingerprint density at radius 3 is 2.69 bits per heavy atom. The summed E-state index contributed by atoms with van der Waals surface area (Å²) < 4.78 is 5.41. The van der Waals surface area contributed by atoms with Gasteiger partial charge in [-0.05, 0) is 50.6 Å². The minimum Gasteiger partial charge on any atom is -0.495 e. The molecule has 1 aromatic heterocycles. The van der Waals surface area contributed by atoms with Gasteiger partial charge in [-0.25, -0.2) is 9.97 Å². The fraction of sp³-hybridized carbons (Fsp3) is 0.474. The molecule has 0 aliphatic carbocycles. The summed E-state index contributed by atoms with van der Waals surface area (Å²) in [5.41, 5.74) is 8.74. The second kappa shape index (κ2) is 8.71. The summed E-state index contributed by atoms with van der Waals surface area (Å²) in [6.07, 6.45) is 5.45. The largest absolute Gasteiger partial charge is 0.495 e. The number of rotatable bonds is 7. The molecular formula is C19H28N6O. The molecule has 0 saturated carbocycles. The number of methoxy groups -OCH3 is 1. The van der Waals surface area contributed by atoms with Gasteiger partial charge in [0.1, 0.15) is 17.8 Å². The molecule has 4 N–H and O–H groups in total. The van der Waals surface area contributed by atoms with Crippen LogP contribution in [0.2, 0.25) is 0 Å². The van der Waals surface area contributed by atoms with E-state index in [-0.39, 0.29) is 0 Å². The van der Waals surface area contributed by atoms with E-state index in [1.54, 1.807) is 7.11 Å². The summed E-state index contributed by atoms with van der Waals surface area (Å²) in [7, 11) is 1.65. The normalized spacial score (nSPS) is 14.8. The van der Waals surface area contributed by atoms with Crippen molar-refractivity contribution in [1.29, 1.82) is 0 Å². The second-order valence-corrected chi connectivity index (χ2v) is 6.64. The molecule has 2 heterocycles. The van der Waals surface area contributed by atoms with Gasteiger partial charge >= 0.3 is 0 Å². The highest BCUT2D eigenvalue weighted by Gasteiger charge is 2.12. The summed E-state index contributed by atoms with van der Waals surface area (Å²) in [5, 5.41) is 6.60. The SMILES string of the molecule is COc1ccc(C)cc1Nc1ncnc(NCCN2CCCCC2)c1N. The molecule has 7 heteroatoms. The molecule has 2 aromatic rings. The van der Waals surface area contributed by atoms with Gasteiger partial charge in [-0.15, -0.1) is 0 Å². The topological polar surface area (TPSA) is 88.3 Å². The number of likely N-dealkylation sites (tertiary alicyclic amines) is 1. The predicted molar refractivity (Wildman–Crippen MR) is 106 cm³/mol. The number of nitrogen functional groups attached to an aromatic ring is 1. The van der Waals surface area contributed by atoms with E-state index in [1.165, 1.54) is 38.7 Å². The quantitative estimate of drug-likeness (QED) is 0.703. The van der Waals surface area contributed by atoms with Gasteiger partial charge < -0.3 is 26.0 Å². The lowest BCUT2D eigenvalue weighted by atomic mass is 10.1. The smallest absolute Gasteiger partial charge is 0.159 e. The summed E-state index contributed by atoms with van der Waals surface area (Å²) in [6, 6.07) is 5.93. The van der Waals surface area contributed by atoms with Gasteiger partial charge in [0.05, 0.1) is 12.8 Å². The van der Waals surface area contributed by atoms with Gasteiger partial charge in [0.25, 0.3) is 0 Å². The maximum atomic E-state index is 6.28. The van der Waals surface area contributed by atoms with Crippen molar-refractivity contribution in [3.05, 3.63) is 30.1 Å². The first kappa shape index (κ1) is 18.3. The van der Waals surface area contributed by atoms with Crippen molar-refractivity contribution < 1.29 is 4.74 Å². The first-order valence-corrected chi connectivity index (χ1v) is 9.15. The van der Waals surface area contributed by atoms with Crippen molar-refractivity contribution in [2.24, 2.45) is 0 Å². The number of anilines is 4. The Balaban J connectivity index is 1.66. The minimum absolute atomic E-state index is 0.509. The van der Waals surface area contributed by atoms with Gasteiger partial charge in [-0.3, -0.25) is 0 Å². The molecule has 3 rings (SSSR count). The van der Waals surface area contributed by atoms with Crippen LogP contribution >= 0.6 is 0 Å². The number of hydrogen-bond donors (Lipinski definition) is 3. The number of nitrogens with zero attached hydrogens (tertiary/aromatic N) is 3. The van der Waals surface area contributed by atoms with Gasteiger partial charge in [0.2, 0.25) is 0 Å². The molecular weight excluding hydrogens is 328 g/mol. The molecule has 0 amide bonds. The Morgan fingerprint density at radius 1 is 1.15 bits per heavy atom. The van der Waals surface area contributed by atoms with E-state index in [0.717, 1.165) is 30.1 Å². The van der Waals surface area contributed by atoms with Crippen molar-refractivity contribution in [2.75, 3.05) is 49.7 Å². The van der Waals surface area contributed by atoms with Crippen molar-refractivity contribution >= 4 is 23.0 Å². The van der Waals surface area contributed by atoms with E-state index in [2.05, 4.69) is 25.5 Å². The maximum absolute atomic E-state index is 6.28. The molecule has 1 saturated heterocycles. The first-order chi connectivity index (χ1) is 12.7. The van der Waals surface area contributed by atoms with Crippen molar-refractivity contribution in [2.45, 2.75) is 26.2 Å². The van der Waals surface area contributed by atoms with Crippen molar-refractivity contribution in [3.63, 3.8) is 0 Å². The molecule has 1 aliphatic heterocycles. The number of aryl methyl sites for hydroxylation is 1. The Hall–Kier alpha value is -2.54. The van der Waals surface area contributed by atoms with Crippen LogP contribution in [0, 0.1) is 6.92 Å². The Kier molecular flexibility index (Phi) is 6.12. The number of benzene rings is 1. The Morgan fingerprint density at radius 2 is 1.92 bits per heavy atom. The zero-order valence-electron chi connectivity index (χ0n) is 15.6. The van der Waals surface area contributed by atoms with Gasteiger partial charge in [0.15, 0.2) is 11.6 Å². The molecule has 1 aliphatic rings. The van der Waals surface area contributed by atoms with Gasteiger partial charge in [-0.1, -0.05) is 12.5 Å². The summed E-state index contributed by atoms with van der Waals surface area (Å²) in [4.78, 5) is 11.0. The lowest BCUT2D eigenvalue weighted by Crippen LogP contribution is -2.33. The van der Waals surface area contributed by atoms with Crippen LogP contribution in [-0.4, -0.2) is 48.2 Å². The zero-order chi connectivity index (χ0) is 18.4. The predicted octanol–water partition coefficient (Wildman–Crippen LogP) is 3.02. The highest BCUT2D eigenvalue weighted by Crippen LogP contribution is 2.31. The van der Waals surface area contributed by atoms with Crippen LogP contribution in [0.4, 0.5) is 23.0 Å². The third-order valence-electron chi connectivity index (χ3n) is 4.66. The molecule has 140 valence electrons. The number of nitrogens with two attached hydrogens (primary N) is 1. The molecule has 0 atom stereocenters. The molecule has 0 unspecified atom stereocenters. The lowest BCUT2D eigenvalue weighted by molar-refractivity contribution is 0.237. The van der Waals surface area contributed by atoms with Crippen LogP contribution in [0.5, 0.6) is 5.75 Å². The Labute approximate surface area is 155 Å². The average Bonchev–Trinajstić information content (AvgIpc) is 2.66. The highest BCUT2D eigenvalue weighted by molar-refractivity contribution is 5.79. The van der Waals surface area contributed by atoms with Crippen LogP contribution in [0.1, 0.15) is 24.8 Å². The monoisotopic (exact) mass is 356 g/mol. The fourth-order valence-electron chi connectivity index (χ4n) is 3.20. The van der Waals surface area contributed by atoms with Crippen LogP contribution in [-0.2, 0) is 0 Å². The Bertz CT molecular complexity index is 730. The first-order valence-electron chi connectivity index (χ1n) is 9.15. The van der Waals surface area contributed by atoms with Gasteiger partial charge in [-0.2, -0.15) is 0 Å². The van der Waals surface area contributed by atoms with Crippen LogP contribution in [0.3, 0.4) is 0 Å². The van der Waals surface area contributed by atoms with Crippen LogP contribution in [0.25, 0.3) is 0 Å². The van der Waals surface area contributed by atoms with Crippen molar-refractivity contribution in [1.82, 2.24) is 14.9 Å². The fourth-order valence-corrected chi connectivity index (χ4v) is 3.20. The number of piperidine rings is 1. The van der Waals surface area contributed by atoms with E-state index in [1.807, 2.05) is 25.1 Å². The molecule has 0 bridgehead atoms. The van der Waals surface area contributed by atoms with Crippen LogP contribution < -0.4 is 21.1 Å². The third kappa shape index (κ3) is 4.54.